The largest absolute Gasteiger partial charge is 0.384 e. The highest BCUT2D eigenvalue weighted by molar-refractivity contribution is 7.99. The van der Waals surface area contributed by atoms with Gasteiger partial charge in [0.2, 0.25) is 0 Å². The maximum atomic E-state index is 11.1. The standard InChI is InChI=1S/C8H8N6O2S/c1-14-8(12-6(15)7(16)13-14)17-5-2-4(9)10-3-11-5/h2-3H,1H3,(H,13,16)(H2,9,10,11). The van der Waals surface area contributed by atoms with Gasteiger partial charge < -0.3 is 5.73 Å². The van der Waals surface area contributed by atoms with Crippen molar-refractivity contribution in [3.05, 3.63) is 33.1 Å². The lowest BCUT2D eigenvalue weighted by Crippen LogP contribution is -2.33. The predicted molar refractivity (Wildman–Crippen MR) is 60.7 cm³/mol. The van der Waals surface area contributed by atoms with Crippen LogP contribution >= 0.6 is 11.8 Å². The van der Waals surface area contributed by atoms with Crippen molar-refractivity contribution in [2.45, 2.75) is 10.2 Å². The number of H-pyrrole nitrogens is 1. The summed E-state index contributed by atoms with van der Waals surface area (Å²) < 4.78 is 1.34. The number of nitrogens with zero attached hydrogens (tertiary/aromatic N) is 4. The zero-order valence-corrected chi connectivity index (χ0v) is 9.56. The molecule has 0 saturated heterocycles. The third-order valence-electron chi connectivity index (χ3n) is 1.81. The van der Waals surface area contributed by atoms with Gasteiger partial charge in [0.1, 0.15) is 17.2 Å². The Bertz CT molecular complexity index is 664. The van der Waals surface area contributed by atoms with Gasteiger partial charge in [-0.25, -0.2) is 9.97 Å². The summed E-state index contributed by atoms with van der Waals surface area (Å²) in [5.74, 6) is 0.317. The van der Waals surface area contributed by atoms with Crippen LogP contribution in [0.1, 0.15) is 0 Å². The van der Waals surface area contributed by atoms with Gasteiger partial charge in [0.15, 0.2) is 5.16 Å². The number of hydrogen-bond acceptors (Lipinski definition) is 7. The maximum absolute atomic E-state index is 11.1. The van der Waals surface area contributed by atoms with Crippen LogP contribution in [-0.2, 0) is 7.05 Å². The van der Waals surface area contributed by atoms with Gasteiger partial charge in [0.05, 0.1) is 0 Å². The molecule has 9 heteroatoms. The van der Waals surface area contributed by atoms with Crippen molar-refractivity contribution in [1.29, 1.82) is 0 Å². The summed E-state index contributed by atoms with van der Waals surface area (Å²) in [7, 11) is 1.57. The molecule has 0 amide bonds. The molecule has 0 aliphatic rings. The molecule has 2 aromatic rings. The van der Waals surface area contributed by atoms with Gasteiger partial charge in [-0.1, -0.05) is 0 Å². The highest BCUT2D eigenvalue weighted by Gasteiger charge is 2.07. The fraction of sp³-hybridized carbons (Fsp3) is 0.125. The van der Waals surface area contributed by atoms with Crippen molar-refractivity contribution < 1.29 is 0 Å². The normalized spacial score (nSPS) is 10.4. The lowest BCUT2D eigenvalue weighted by Gasteiger charge is -2.04. The van der Waals surface area contributed by atoms with Crippen LogP contribution in [0.25, 0.3) is 0 Å². The van der Waals surface area contributed by atoms with Crippen LogP contribution in [0.4, 0.5) is 5.82 Å². The molecule has 0 saturated carbocycles. The molecule has 0 aliphatic heterocycles. The van der Waals surface area contributed by atoms with E-state index < -0.39 is 11.1 Å². The second kappa shape index (κ2) is 4.37. The number of aromatic nitrogens is 5. The first-order valence-corrected chi connectivity index (χ1v) is 5.30. The molecule has 8 nitrogen and oxygen atoms in total. The number of aromatic amines is 1. The zero-order valence-electron chi connectivity index (χ0n) is 8.75. The van der Waals surface area contributed by atoms with Crippen molar-refractivity contribution in [2.24, 2.45) is 7.05 Å². The second-order valence-corrected chi connectivity index (χ2v) is 4.07. The highest BCUT2D eigenvalue weighted by atomic mass is 32.2. The topological polar surface area (TPSA) is 120 Å². The van der Waals surface area contributed by atoms with Gasteiger partial charge in [-0.2, -0.15) is 4.98 Å². The fourth-order valence-corrected chi connectivity index (χ4v) is 1.83. The van der Waals surface area contributed by atoms with Crippen LogP contribution in [0.5, 0.6) is 0 Å². The number of hydrogen-bond donors (Lipinski definition) is 2. The van der Waals surface area contributed by atoms with E-state index in [9.17, 15) is 9.59 Å². The van der Waals surface area contributed by atoms with Crippen molar-refractivity contribution in [2.75, 3.05) is 5.73 Å². The van der Waals surface area contributed by atoms with Crippen LogP contribution in [0.3, 0.4) is 0 Å². The molecule has 88 valence electrons. The molecule has 0 spiro atoms. The second-order valence-electron chi connectivity index (χ2n) is 3.08. The summed E-state index contributed by atoms with van der Waals surface area (Å²) in [6.07, 6.45) is 1.31. The van der Waals surface area contributed by atoms with E-state index in [0.29, 0.717) is 16.0 Å². The van der Waals surface area contributed by atoms with E-state index in [4.69, 9.17) is 5.73 Å². The first kappa shape index (κ1) is 11.3. The molecular weight excluding hydrogens is 244 g/mol. The Morgan fingerprint density at radius 1 is 1.41 bits per heavy atom. The van der Waals surface area contributed by atoms with E-state index in [-0.39, 0.29) is 0 Å². The van der Waals surface area contributed by atoms with Crippen molar-refractivity contribution in [1.82, 2.24) is 24.7 Å². The molecule has 0 bridgehead atoms. The Morgan fingerprint density at radius 3 is 2.88 bits per heavy atom. The summed E-state index contributed by atoms with van der Waals surface area (Å²) >= 11 is 1.10. The molecule has 3 N–H and O–H groups in total. The predicted octanol–water partition coefficient (Wildman–Crippen LogP) is -1.01. The molecule has 0 atom stereocenters. The summed E-state index contributed by atoms with van der Waals surface area (Å²) in [6.45, 7) is 0. The summed E-state index contributed by atoms with van der Waals surface area (Å²) in [6, 6.07) is 1.54. The number of nitrogens with two attached hydrogens (primary N) is 1. The third-order valence-corrected chi connectivity index (χ3v) is 2.79. The SMILES string of the molecule is Cn1[nH]c(=O)c(=O)nc1Sc1cc(N)ncn1. The van der Waals surface area contributed by atoms with E-state index in [1.165, 1.54) is 11.0 Å². The number of nitrogens with one attached hydrogen (secondary N) is 1. The van der Waals surface area contributed by atoms with E-state index in [1.54, 1.807) is 13.1 Å². The smallest absolute Gasteiger partial charge is 0.339 e. The van der Waals surface area contributed by atoms with Gasteiger partial charge in [-0.05, 0) is 11.8 Å². The average molecular weight is 252 g/mol. The Morgan fingerprint density at radius 2 is 2.18 bits per heavy atom. The Hall–Kier alpha value is -2.16. The number of aryl methyl sites for hydroxylation is 1. The summed E-state index contributed by atoms with van der Waals surface area (Å²) in [4.78, 5) is 33.4. The molecule has 0 radical (unpaired) electrons. The van der Waals surface area contributed by atoms with Crippen molar-refractivity contribution in [3.63, 3.8) is 0 Å². The molecular formula is C8H8N6O2S. The first-order chi connectivity index (χ1) is 8.06. The van der Waals surface area contributed by atoms with E-state index in [1.807, 2.05) is 0 Å². The van der Waals surface area contributed by atoms with Gasteiger partial charge in [-0.15, -0.1) is 0 Å². The molecule has 0 fully saturated rings. The molecule has 0 aromatic carbocycles. The molecule has 2 rings (SSSR count). The Balaban J connectivity index is 2.40. The van der Waals surface area contributed by atoms with Gasteiger partial charge in [0, 0.05) is 13.1 Å². The van der Waals surface area contributed by atoms with E-state index in [0.717, 1.165) is 11.8 Å². The minimum absolute atomic E-state index is 0.313. The van der Waals surface area contributed by atoms with Gasteiger partial charge in [-0.3, -0.25) is 19.4 Å². The van der Waals surface area contributed by atoms with Crippen LogP contribution in [-0.4, -0.2) is 24.7 Å². The number of nitrogen functional groups attached to an aromatic ring is 1. The Labute approximate surface area is 98.9 Å². The lowest BCUT2D eigenvalue weighted by atomic mass is 10.6. The lowest BCUT2D eigenvalue weighted by molar-refractivity contribution is 0.596. The van der Waals surface area contributed by atoms with Crippen LogP contribution in [0.2, 0.25) is 0 Å². The summed E-state index contributed by atoms with van der Waals surface area (Å²) in [5, 5.41) is 3.18. The van der Waals surface area contributed by atoms with Crippen LogP contribution < -0.4 is 16.9 Å². The third kappa shape index (κ3) is 2.50. The molecule has 2 heterocycles. The minimum atomic E-state index is -0.840. The van der Waals surface area contributed by atoms with Gasteiger partial charge >= 0.3 is 11.1 Å². The average Bonchev–Trinajstić information content (AvgIpc) is 2.26. The van der Waals surface area contributed by atoms with Crippen molar-refractivity contribution in [3.8, 4) is 0 Å². The number of rotatable bonds is 2. The fourth-order valence-electron chi connectivity index (χ4n) is 1.05. The molecule has 0 aliphatic carbocycles. The molecule has 17 heavy (non-hydrogen) atoms. The van der Waals surface area contributed by atoms with Crippen LogP contribution in [0.15, 0.2) is 32.2 Å². The molecule has 0 unspecified atom stereocenters. The summed E-state index contributed by atoms with van der Waals surface area (Å²) in [5.41, 5.74) is 3.89. The van der Waals surface area contributed by atoms with Crippen molar-refractivity contribution >= 4 is 17.6 Å². The Kier molecular flexibility index (Phi) is 2.91. The van der Waals surface area contributed by atoms with E-state index in [2.05, 4.69) is 20.1 Å². The number of anilines is 1. The van der Waals surface area contributed by atoms with Gasteiger partial charge in [0.25, 0.3) is 0 Å². The first-order valence-electron chi connectivity index (χ1n) is 4.49. The van der Waals surface area contributed by atoms with E-state index >= 15 is 0 Å². The zero-order chi connectivity index (χ0) is 12.4. The van der Waals surface area contributed by atoms with Crippen LogP contribution in [0, 0.1) is 0 Å². The highest BCUT2D eigenvalue weighted by Crippen LogP contribution is 2.22. The maximum Gasteiger partial charge on any atom is 0.339 e. The quantitative estimate of drug-likeness (QED) is 0.519. The minimum Gasteiger partial charge on any atom is -0.384 e. The molecule has 2 aromatic heterocycles. The monoisotopic (exact) mass is 252 g/mol.